The van der Waals surface area contributed by atoms with Crippen LogP contribution in [0.15, 0.2) is 30.3 Å². The van der Waals surface area contributed by atoms with Crippen LogP contribution in [0.25, 0.3) is 0 Å². The summed E-state index contributed by atoms with van der Waals surface area (Å²) >= 11 is 0. The summed E-state index contributed by atoms with van der Waals surface area (Å²) in [6, 6.07) is 11.2. The van der Waals surface area contributed by atoms with E-state index < -0.39 is 0 Å². The maximum atomic E-state index is 3.72. The van der Waals surface area contributed by atoms with E-state index in [-0.39, 0.29) is 0 Å². The van der Waals surface area contributed by atoms with Gasteiger partial charge in [0.15, 0.2) is 0 Å². The lowest BCUT2D eigenvalue weighted by atomic mass is 9.84. The Hall–Kier alpha value is -1.06. The summed E-state index contributed by atoms with van der Waals surface area (Å²) < 4.78 is 0. The molecular formula is C15H23N3. The fourth-order valence-electron chi connectivity index (χ4n) is 3.22. The third-order valence-corrected chi connectivity index (χ3v) is 4.29. The van der Waals surface area contributed by atoms with E-state index in [0.717, 1.165) is 25.0 Å². The minimum absolute atomic E-state index is 0.727. The molecule has 3 fully saturated rings. The minimum Gasteiger partial charge on any atom is -0.384 e. The van der Waals surface area contributed by atoms with E-state index in [4.69, 9.17) is 0 Å². The monoisotopic (exact) mass is 245 g/mol. The number of hydrogen-bond donors (Lipinski definition) is 2. The summed E-state index contributed by atoms with van der Waals surface area (Å²) in [7, 11) is 0. The second-order valence-electron chi connectivity index (χ2n) is 5.49. The molecule has 2 N–H and O–H groups in total. The minimum atomic E-state index is 0.727. The van der Waals surface area contributed by atoms with Gasteiger partial charge in [-0.15, -0.1) is 0 Å². The Kier molecular flexibility index (Phi) is 3.81. The van der Waals surface area contributed by atoms with Crippen molar-refractivity contribution in [3.63, 3.8) is 0 Å². The van der Waals surface area contributed by atoms with Crippen molar-refractivity contribution in [2.45, 2.75) is 18.9 Å². The van der Waals surface area contributed by atoms with Crippen LogP contribution in [-0.4, -0.2) is 43.7 Å². The number of nitrogens with zero attached hydrogens (tertiary/aromatic N) is 1. The SMILES string of the molecule is c1ccc(NCCNC2CN3CCC2CC3)cc1. The van der Waals surface area contributed by atoms with Crippen LogP contribution in [0.4, 0.5) is 5.69 Å². The Labute approximate surface area is 110 Å². The van der Waals surface area contributed by atoms with Gasteiger partial charge < -0.3 is 15.5 Å². The number of piperidine rings is 3. The van der Waals surface area contributed by atoms with Gasteiger partial charge in [-0.2, -0.15) is 0 Å². The van der Waals surface area contributed by atoms with Gasteiger partial charge in [-0.1, -0.05) is 18.2 Å². The van der Waals surface area contributed by atoms with Crippen LogP contribution in [0.3, 0.4) is 0 Å². The maximum Gasteiger partial charge on any atom is 0.0340 e. The van der Waals surface area contributed by atoms with Crippen molar-refractivity contribution in [1.29, 1.82) is 0 Å². The molecule has 98 valence electrons. The number of nitrogens with one attached hydrogen (secondary N) is 2. The van der Waals surface area contributed by atoms with Crippen LogP contribution in [0.2, 0.25) is 0 Å². The first-order valence-corrected chi connectivity index (χ1v) is 7.16. The Balaban J connectivity index is 1.38. The Morgan fingerprint density at radius 1 is 1.06 bits per heavy atom. The van der Waals surface area contributed by atoms with Crippen molar-refractivity contribution in [3.8, 4) is 0 Å². The highest BCUT2D eigenvalue weighted by Gasteiger charge is 2.33. The first-order valence-electron chi connectivity index (χ1n) is 7.16. The van der Waals surface area contributed by atoms with E-state index in [1.807, 2.05) is 0 Å². The molecule has 1 aromatic carbocycles. The predicted molar refractivity (Wildman–Crippen MR) is 75.9 cm³/mol. The molecule has 3 heterocycles. The lowest BCUT2D eigenvalue weighted by molar-refractivity contribution is 0.0735. The molecule has 2 bridgehead atoms. The van der Waals surface area contributed by atoms with Crippen LogP contribution in [-0.2, 0) is 0 Å². The van der Waals surface area contributed by atoms with Gasteiger partial charge in [0, 0.05) is 31.4 Å². The molecule has 3 nitrogen and oxygen atoms in total. The van der Waals surface area contributed by atoms with Crippen molar-refractivity contribution < 1.29 is 0 Å². The molecule has 3 aliphatic rings. The number of anilines is 1. The first-order chi connectivity index (χ1) is 8.92. The van der Waals surface area contributed by atoms with Gasteiger partial charge in [0.05, 0.1) is 0 Å². The van der Waals surface area contributed by atoms with E-state index in [1.165, 1.54) is 38.2 Å². The maximum absolute atomic E-state index is 3.72. The third kappa shape index (κ3) is 2.85. The van der Waals surface area contributed by atoms with Gasteiger partial charge in [0.1, 0.15) is 0 Å². The molecule has 3 saturated heterocycles. The molecule has 1 aromatic rings. The molecule has 0 radical (unpaired) electrons. The van der Waals surface area contributed by atoms with Gasteiger partial charge in [-0.25, -0.2) is 0 Å². The largest absolute Gasteiger partial charge is 0.384 e. The van der Waals surface area contributed by atoms with Crippen LogP contribution in [0, 0.1) is 5.92 Å². The lowest BCUT2D eigenvalue weighted by Gasteiger charge is -2.45. The van der Waals surface area contributed by atoms with Gasteiger partial charge in [0.2, 0.25) is 0 Å². The van der Waals surface area contributed by atoms with E-state index in [0.29, 0.717) is 0 Å². The summed E-state index contributed by atoms with van der Waals surface area (Å²) in [5, 5.41) is 7.17. The molecule has 1 atom stereocenters. The van der Waals surface area contributed by atoms with Crippen molar-refractivity contribution in [3.05, 3.63) is 30.3 Å². The quantitative estimate of drug-likeness (QED) is 0.774. The van der Waals surface area contributed by atoms with Crippen LogP contribution in [0.1, 0.15) is 12.8 Å². The van der Waals surface area contributed by atoms with Crippen molar-refractivity contribution in [2.75, 3.05) is 38.0 Å². The average Bonchev–Trinajstić information content (AvgIpc) is 2.46. The topological polar surface area (TPSA) is 27.3 Å². The van der Waals surface area contributed by atoms with E-state index in [9.17, 15) is 0 Å². The standard InChI is InChI=1S/C15H23N3/c1-2-4-14(5-3-1)16-8-9-17-15-12-18-10-6-13(15)7-11-18/h1-5,13,15-17H,6-12H2. The highest BCUT2D eigenvalue weighted by Crippen LogP contribution is 2.27. The van der Waals surface area contributed by atoms with Gasteiger partial charge >= 0.3 is 0 Å². The number of fused-ring (bicyclic) bond motifs is 3. The Morgan fingerprint density at radius 2 is 1.83 bits per heavy atom. The van der Waals surface area contributed by atoms with Crippen LogP contribution in [0.5, 0.6) is 0 Å². The van der Waals surface area contributed by atoms with Crippen molar-refractivity contribution in [2.24, 2.45) is 5.92 Å². The molecule has 3 aliphatic heterocycles. The molecule has 18 heavy (non-hydrogen) atoms. The van der Waals surface area contributed by atoms with Crippen molar-refractivity contribution >= 4 is 5.69 Å². The van der Waals surface area contributed by atoms with Gasteiger partial charge in [-0.3, -0.25) is 0 Å². The molecule has 0 aromatic heterocycles. The third-order valence-electron chi connectivity index (χ3n) is 4.29. The fourth-order valence-corrected chi connectivity index (χ4v) is 3.22. The summed E-state index contributed by atoms with van der Waals surface area (Å²) in [6.07, 6.45) is 2.79. The van der Waals surface area contributed by atoms with Gasteiger partial charge in [0.25, 0.3) is 0 Å². The summed E-state index contributed by atoms with van der Waals surface area (Å²) in [5.74, 6) is 0.923. The highest BCUT2D eigenvalue weighted by molar-refractivity contribution is 5.42. The number of benzene rings is 1. The zero-order chi connectivity index (χ0) is 12.2. The smallest absolute Gasteiger partial charge is 0.0340 e. The lowest BCUT2D eigenvalue weighted by Crippen LogP contribution is -2.56. The molecule has 0 aliphatic carbocycles. The van der Waals surface area contributed by atoms with Crippen LogP contribution >= 0.6 is 0 Å². The zero-order valence-electron chi connectivity index (χ0n) is 10.9. The Bertz CT molecular complexity index is 357. The molecule has 0 spiro atoms. The molecule has 0 amide bonds. The van der Waals surface area contributed by atoms with Crippen molar-refractivity contribution in [1.82, 2.24) is 10.2 Å². The van der Waals surface area contributed by atoms with E-state index >= 15 is 0 Å². The average molecular weight is 245 g/mol. The highest BCUT2D eigenvalue weighted by atomic mass is 15.2. The zero-order valence-corrected chi connectivity index (χ0v) is 10.9. The summed E-state index contributed by atoms with van der Waals surface area (Å²) in [5.41, 5.74) is 1.22. The molecule has 4 rings (SSSR count). The second kappa shape index (κ2) is 5.72. The van der Waals surface area contributed by atoms with E-state index in [2.05, 4.69) is 45.9 Å². The molecule has 1 unspecified atom stereocenters. The van der Waals surface area contributed by atoms with Crippen LogP contribution < -0.4 is 10.6 Å². The molecular weight excluding hydrogens is 222 g/mol. The molecule has 3 heteroatoms. The number of para-hydroxylation sites is 1. The Morgan fingerprint density at radius 3 is 2.50 bits per heavy atom. The molecule has 0 saturated carbocycles. The second-order valence-corrected chi connectivity index (χ2v) is 5.49. The number of hydrogen-bond acceptors (Lipinski definition) is 3. The fraction of sp³-hybridized carbons (Fsp3) is 0.600. The normalized spacial score (nSPS) is 30.3. The summed E-state index contributed by atoms with van der Waals surface area (Å²) in [4.78, 5) is 2.60. The predicted octanol–water partition coefficient (Wildman–Crippen LogP) is 1.78. The van der Waals surface area contributed by atoms with E-state index in [1.54, 1.807) is 0 Å². The van der Waals surface area contributed by atoms with Gasteiger partial charge in [-0.05, 0) is 44.0 Å². The first kappa shape index (κ1) is 12.0. The number of rotatable bonds is 5. The summed E-state index contributed by atoms with van der Waals surface area (Å²) in [6.45, 7) is 5.98.